The van der Waals surface area contributed by atoms with E-state index in [2.05, 4.69) is 15.3 Å². The number of nitro groups is 1. The van der Waals surface area contributed by atoms with E-state index in [-0.39, 0.29) is 22.8 Å². The van der Waals surface area contributed by atoms with Crippen LogP contribution >= 0.6 is 0 Å². The molecule has 130 valence electrons. The number of aromatic amines is 1. The van der Waals surface area contributed by atoms with E-state index in [9.17, 15) is 14.9 Å². The minimum Gasteiger partial charge on any atom is -0.459 e. The second-order valence-corrected chi connectivity index (χ2v) is 5.93. The van der Waals surface area contributed by atoms with Crippen molar-refractivity contribution in [1.29, 1.82) is 0 Å². The molecule has 0 aliphatic heterocycles. The summed E-state index contributed by atoms with van der Waals surface area (Å²) in [4.78, 5) is 29.3. The molecule has 2 aromatic carbocycles. The van der Waals surface area contributed by atoms with Gasteiger partial charge in [0.05, 0.1) is 28.2 Å². The summed E-state index contributed by atoms with van der Waals surface area (Å²) in [7, 11) is 0. The molecule has 0 aliphatic rings. The van der Waals surface area contributed by atoms with E-state index >= 15 is 0 Å². The SMILES string of the molecule is CC(Nc1cc2nc[nH]c(=O)c2cc1[N+](=O)[O-])c1cc2ccccc2o1. The van der Waals surface area contributed by atoms with Gasteiger partial charge in [-0.05, 0) is 25.1 Å². The van der Waals surface area contributed by atoms with Crippen molar-refractivity contribution in [1.82, 2.24) is 9.97 Å². The first-order valence-corrected chi connectivity index (χ1v) is 7.94. The third-order valence-electron chi connectivity index (χ3n) is 4.20. The minimum atomic E-state index is -0.528. The fraction of sp³-hybridized carbons (Fsp3) is 0.111. The zero-order chi connectivity index (χ0) is 18.3. The van der Waals surface area contributed by atoms with Crippen LogP contribution in [-0.4, -0.2) is 14.9 Å². The Bertz CT molecular complexity index is 1160. The van der Waals surface area contributed by atoms with Gasteiger partial charge in [0.2, 0.25) is 0 Å². The van der Waals surface area contributed by atoms with E-state index < -0.39 is 10.5 Å². The van der Waals surface area contributed by atoms with E-state index in [0.717, 1.165) is 11.0 Å². The molecule has 0 saturated carbocycles. The summed E-state index contributed by atoms with van der Waals surface area (Å²) >= 11 is 0. The minimum absolute atomic E-state index is 0.168. The van der Waals surface area contributed by atoms with Crippen LogP contribution in [0.15, 0.2) is 58.0 Å². The average molecular weight is 350 g/mol. The van der Waals surface area contributed by atoms with Gasteiger partial charge in [0, 0.05) is 11.5 Å². The van der Waals surface area contributed by atoms with E-state index in [0.29, 0.717) is 11.3 Å². The van der Waals surface area contributed by atoms with Crippen LogP contribution in [0, 0.1) is 10.1 Å². The zero-order valence-corrected chi connectivity index (χ0v) is 13.7. The second kappa shape index (κ2) is 5.99. The molecule has 1 atom stereocenters. The van der Waals surface area contributed by atoms with E-state index in [4.69, 9.17) is 4.42 Å². The number of fused-ring (bicyclic) bond motifs is 2. The molecular weight excluding hydrogens is 336 g/mol. The molecule has 0 amide bonds. The van der Waals surface area contributed by atoms with Crippen LogP contribution < -0.4 is 10.9 Å². The van der Waals surface area contributed by atoms with E-state index in [1.165, 1.54) is 18.5 Å². The molecule has 0 radical (unpaired) electrons. The van der Waals surface area contributed by atoms with Crippen molar-refractivity contribution >= 4 is 33.2 Å². The number of para-hydroxylation sites is 1. The predicted molar refractivity (Wildman–Crippen MR) is 97.3 cm³/mol. The number of benzene rings is 2. The lowest BCUT2D eigenvalue weighted by Gasteiger charge is -2.13. The van der Waals surface area contributed by atoms with Crippen LogP contribution in [0.3, 0.4) is 0 Å². The quantitative estimate of drug-likeness (QED) is 0.428. The fourth-order valence-corrected chi connectivity index (χ4v) is 2.89. The Hall–Kier alpha value is -3.68. The van der Waals surface area contributed by atoms with Gasteiger partial charge >= 0.3 is 0 Å². The van der Waals surface area contributed by atoms with Gasteiger partial charge in [0.25, 0.3) is 11.2 Å². The number of anilines is 1. The van der Waals surface area contributed by atoms with Gasteiger partial charge in [0.15, 0.2) is 0 Å². The summed E-state index contributed by atoms with van der Waals surface area (Å²) in [5.41, 5.74) is 0.776. The molecule has 0 bridgehead atoms. The number of H-pyrrole nitrogens is 1. The molecule has 0 spiro atoms. The Morgan fingerprint density at radius 2 is 2.08 bits per heavy atom. The lowest BCUT2D eigenvalue weighted by Crippen LogP contribution is -2.10. The zero-order valence-electron chi connectivity index (χ0n) is 13.7. The molecular formula is C18H14N4O4. The summed E-state index contributed by atoms with van der Waals surface area (Å²) < 4.78 is 5.81. The van der Waals surface area contributed by atoms with Gasteiger partial charge < -0.3 is 14.7 Å². The highest BCUT2D eigenvalue weighted by atomic mass is 16.6. The Labute approximate surface area is 146 Å². The van der Waals surface area contributed by atoms with Crippen molar-refractivity contribution in [2.24, 2.45) is 0 Å². The van der Waals surface area contributed by atoms with Crippen molar-refractivity contribution in [3.05, 3.63) is 75.0 Å². The molecule has 2 heterocycles. The van der Waals surface area contributed by atoms with Crippen molar-refractivity contribution in [3.8, 4) is 0 Å². The summed E-state index contributed by atoms with van der Waals surface area (Å²) in [6, 6.07) is 11.9. The standard InChI is InChI=1S/C18H14N4O4/c1-10(17-6-11-4-2-3-5-16(11)26-17)21-14-8-13-12(7-15(14)22(24)25)18(23)20-9-19-13/h2-10,21H,1H3,(H,19,20,23). The van der Waals surface area contributed by atoms with E-state index in [1.807, 2.05) is 37.3 Å². The highest BCUT2D eigenvalue weighted by Crippen LogP contribution is 2.32. The summed E-state index contributed by atoms with van der Waals surface area (Å²) in [5, 5.41) is 15.7. The van der Waals surface area contributed by atoms with Crippen LogP contribution in [-0.2, 0) is 0 Å². The number of hydrogen-bond acceptors (Lipinski definition) is 6. The van der Waals surface area contributed by atoms with Crippen LogP contribution in [0.2, 0.25) is 0 Å². The van der Waals surface area contributed by atoms with Gasteiger partial charge in [-0.15, -0.1) is 0 Å². The third-order valence-corrected chi connectivity index (χ3v) is 4.20. The van der Waals surface area contributed by atoms with Gasteiger partial charge in [-0.3, -0.25) is 14.9 Å². The molecule has 4 aromatic rings. The maximum atomic E-state index is 11.9. The number of nitro benzene ring substituents is 1. The Morgan fingerprint density at radius 3 is 2.85 bits per heavy atom. The van der Waals surface area contributed by atoms with Crippen LogP contribution in [0.4, 0.5) is 11.4 Å². The number of nitrogens with zero attached hydrogens (tertiary/aromatic N) is 2. The predicted octanol–water partition coefficient (Wildman–Crippen LogP) is 3.75. The normalized spacial score (nSPS) is 12.3. The van der Waals surface area contributed by atoms with Gasteiger partial charge in [-0.2, -0.15) is 0 Å². The smallest absolute Gasteiger partial charge is 0.293 e. The molecule has 8 heteroatoms. The molecule has 0 aliphatic carbocycles. The topological polar surface area (TPSA) is 114 Å². The van der Waals surface area contributed by atoms with E-state index in [1.54, 1.807) is 0 Å². The van der Waals surface area contributed by atoms with Crippen molar-refractivity contribution in [2.75, 3.05) is 5.32 Å². The molecule has 26 heavy (non-hydrogen) atoms. The Balaban J connectivity index is 1.76. The second-order valence-electron chi connectivity index (χ2n) is 5.93. The molecule has 1 unspecified atom stereocenters. The highest BCUT2D eigenvalue weighted by Gasteiger charge is 2.20. The number of rotatable bonds is 4. The number of furan rings is 1. The first-order chi connectivity index (χ1) is 12.5. The van der Waals surface area contributed by atoms with Crippen LogP contribution in [0.25, 0.3) is 21.9 Å². The van der Waals surface area contributed by atoms with Gasteiger partial charge in [0.1, 0.15) is 17.0 Å². The van der Waals surface area contributed by atoms with Crippen LogP contribution in [0.1, 0.15) is 18.7 Å². The summed E-state index contributed by atoms with van der Waals surface area (Å²) in [6.45, 7) is 1.84. The average Bonchev–Trinajstić information content (AvgIpc) is 3.05. The first-order valence-electron chi connectivity index (χ1n) is 7.94. The van der Waals surface area contributed by atoms with Gasteiger partial charge in [-0.1, -0.05) is 18.2 Å². The number of nitrogens with one attached hydrogen (secondary N) is 2. The Kier molecular flexibility index (Phi) is 3.65. The Morgan fingerprint density at radius 1 is 1.27 bits per heavy atom. The van der Waals surface area contributed by atoms with Crippen LogP contribution in [0.5, 0.6) is 0 Å². The van der Waals surface area contributed by atoms with Gasteiger partial charge in [-0.25, -0.2) is 4.98 Å². The van der Waals surface area contributed by atoms with Crippen molar-refractivity contribution < 1.29 is 9.34 Å². The molecule has 8 nitrogen and oxygen atoms in total. The molecule has 4 rings (SSSR count). The first kappa shape index (κ1) is 15.8. The van der Waals surface area contributed by atoms with Crippen molar-refractivity contribution in [3.63, 3.8) is 0 Å². The highest BCUT2D eigenvalue weighted by molar-refractivity contribution is 5.86. The monoisotopic (exact) mass is 350 g/mol. The molecule has 0 fully saturated rings. The molecule has 2 N–H and O–H groups in total. The number of aromatic nitrogens is 2. The lowest BCUT2D eigenvalue weighted by molar-refractivity contribution is -0.383. The summed E-state index contributed by atoms with van der Waals surface area (Å²) in [5.74, 6) is 0.652. The largest absolute Gasteiger partial charge is 0.459 e. The number of hydrogen-bond donors (Lipinski definition) is 2. The maximum Gasteiger partial charge on any atom is 0.293 e. The molecule has 2 aromatic heterocycles. The lowest BCUT2D eigenvalue weighted by atomic mass is 10.1. The fourth-order valence-electron chi connectivity index (χ4n) is 2.89. The maximum absolute atomic E-state index is 11.9. The molecule has 0 saturated heterocycles. The van der Waals surface area contributed by atoms with Crippen molar-refractivity contribution in [2.45, 2.75) is 13.0 Å². The third kappa shape index (κ3) is 2.67. The summed E-state index contributed by atoms with van der Waals surface area (Å²) in [6.07, 6.45) is 1.27.